The van der Waals surface area contributed by atoms with Crippen molar-refractivity contribution < 1.29 is 17.9 Å². The molecule has 32 heavy (non-hydrogen) atoms. The third kappa shape index (κ3) is 3.90. The molecule has 6 nitrogen and oxygen atoms in total. The lowest BCUT2D eigenvalue weighted by molar-refractivity contribution is 0.355. The van der Waals surface area contributed by atoms with Crippen LogP contribution in [0.4, 0.5) is 5.69 Å². The zero-order chi connectivity index (χ0) is 23.0. The number of anilines is 1. The maximum absolute atomic E-state index is 13.8. The van der Waals surface area contributed by atoms with E-state index < -0.39 is 9.84 Å². The van der Waals surface area contributed by atoms with Crippen molar-refractivity contribution in [1.82, 2.24) is 4.98 Å². The molecule has 1 aromatic heterocycles. The second-order valence-electron chi connectivity index (χ2n) is 8.64. The van der Waals surface area contributed by atoms with Gasteiger partial charge in [0.1, 0.15) is 4.90 Å². The molecule has 0 unspecified atom stereocenters. The van der Waals surface area contributed by atoms with Gasteiger partial charge < -0.3 is 14.4 Å². The number of nitrogens with zero attached hydrogens (tertiary/aromatic N) is 2. The maximum Gasteiger partial charge on any atom is 0.210 e. The monoisotopic (exact) mass is 454 g/mol. The number of pyridine rings is 1. The summed E-state index contributed by atoms with van der Waals surface area (Å²) in [6.07, 6.45) is 3.64. The molecule has 0 amide bonds. The van der Waals surface area contributed by atoms with Crippen LogP contribution in [0.1, 0.15) is 30.9 Å². The Hall–Kier alpha value is -2.80. The van der Waals surface area contributed by atoms with Crippen LogP contribution in [0.25, 0.3) is 10.9 Å². The zero-order valence-electron chi connectivity index (χ0n) is 19.3. The minimum Gasteiger partial charge on any atom is -0.493 e. The van der Waals surface area contributed by atoms with E-state index in [-0.39, 0.29) is 9.79 Å². The molecule has 1 aliphatic rings. The molecule has 2 aromatic carbocycles. The summed E-state index contributed by atoms with van der Waals surface area (Å²) < 4.78 is 38.6. The summed E-state index contributed by atoms with van der Waals surface area (Å²) in [5.74, 6) is 1.59. The van der Waals surface area contributed by atoms with Crippen LogP contribution >= 0.6 is 0 Å². The molecule has 7 heteroatoms. The van der Waals surface area contributed by atoms with Gasteiger partial charge in [0.25, 0.3) is 0 Å². The predicted octanol–water partition coefficient (Wildman–Crippen LogP) is 4.94. The molecule has 0 bridgehead atoms. The number of fused-ring (bicyclic) bond motifs is 1. The van der Waals surface area contributed by atoms with E-state index in [9.17, 15) is 8.42 Å². The first-order valence-corrected chi connectivity index (χ1v) is 12.4. The molecular weight excluding hydrogens is 424 g/mol. The molecule has 2 heterocycles. The summed E-state index contributed by atoms with van der Waals surface area (Å²) in [6.45, 7) is 7.70. The van der Waals surface area contributed by atoms with Crippen LogP contribution in [0.5, 0.6) is 11.5 Å². The third-order valence-corrected chi connectivity index (χ3v) is 8.12. The number of methoxy groups -OCH3 is 2. The van der Waals surface area contributed by atoms with Crippen LogP contribution < -0.4 is 14.4 Å². The van der Waals surface area contributed by atoms with Gasteiger partial charge in [0, 0.05) is 30.7 Å². The van der Waals surface area contributed by atoms with Crippen LogP contribution in [0.2, 0.25) is 0 Å². The van der Waals surface area contributed by atoms with E-state index >= 15 is 0 Å². The van der Waals surface area contributed by atoms with Crippen LogP contribution in [0, 0.1) is 19.8 Å². The van der Waals surface area contributed by atoms with Crippen LogP contribution in [-0.4, -0.2) is 40.7 Å². The van der Waals surface area contributed by atoms with Crippen molar-refractivity contribution in [3.63, 3.8) is 0 Å². The summed E-state index contributed by atoms with van der Waals surface area (Å²) in [7, 11) is -0.621. The Morgan fingerprint density at radius 2 is 1.75 bits per heavy atom. The Morgan fingerprint density at radius 1 is 1.03 bits per heavy atom. The summed E-state index contributed by atoms with van der Waals surface area (Å²) in [4.78, 5) is 7.24. The number of hydrogen-bond acceptors (Lipinski definition) is 6. The van der Waals surface area contributed by atoms with Gasteiger partial charge in [-0.3, -0.25) is 4.98 Å². The molecular formula is C25H30N2O4S. The highest BCUT2D eigenvalue weighted by molar-refractivity contribution is 7.91. The van der Waals surface area contributed by atoms with E-state index in [4.69, 9.17) is 9.47 Å². The van der Waals surface area contributed by atoms with Gasteiger partial charge in [-0.15, -0.1) is 0 Å². The topological polar surface area (TPSA) is 68.7 Å². The van der Waals surface area contributed by atoms with E-state index in [2.05, 4.69) is 16.8 Å². The smallest absolute Gasteiger partial charge is 0.210 e. The van der Waals surface area contributed by atoms with E-state index in [0.717, 1.165) is 42.4 Å². The number of aryl methyl sites for hydroxylation is 2. The molecule has 4 rings (SSSR count). The quantitative estimate of drug-likeness (QED) is 0.544. The number of sulfone groups is 1. The minimum absolute atomic E-state index is 0.231. The van der Waals surface area contributed by atoms with E-state index in [1.165, 1.54) is 6.20 Å². The minimum atomic E-state index is -3.78. The van der Waals surface area contributed by atoms with Gasteiger partial charge in [0.05, 0.1) is 30.3 Å². The maximum atomic E-state index is 13.8. The number of aromatic nitrogens is 1. The standard InChI is InChI=1S/C25H30N2O4S/c1-16-7-6-10-27(15-16)25-20-12-22(30-4)23(31-5)13-21(20)26-14-24(25)32(28,29)19-9-8-17(2)18(3)11-19/h8-9,11-14,16H,6-7,10,15H2,1-5H3/t16-/m1/s1. The van der Waals surface area contributed by atoms with Gasteiger partial charge in [0.15, 0.2) is 11.5 Å². The molecule has 1 atom stereocenters. The first kappa shape index (κ1) is 22.4. The normalized spacial score (nSPS) is 16.9. The number of hydrogen-bond donors (Lipinski definition) is 0. The summed E-state index contributed by atoms with van der Waals surface area (Å²) in [6, 6.07) is 8.92. The van der Waals surface area contributed by atoms with E-state index in [0.29, 0.717) is 28.6 Å². The average Bonchev–Trinajstić information content (AvgIpc) is 2.78. The van der Waals surface area contributed by atoms with Crippen molar-refractivity contribution in [1.29, 1.82) is 0 Å². The van der Waals surface area contributed by atoms with Crippen molar-refractivity contribution in [2.24, 2.45) is 5.92 Å². The Labute approximate surface area is 190 Å². The third-order valence-electron chi connectivity index (χ3n) is 6.36. The highest BCUT2D eigenvalue weighted by Gasteiger charge is 2.29. The number of piperidine rings is 1. The fourth-order valence-electron chi connectivity index (χ4n) is 4.41. The molecule has 1 fully saturated rings. The second-order valence-corrected chi connectivity index (χ2v) is 10.6. The Kier molecular flexibility index (Phi) is 6.03. The highest BCUT2D eigenvalue weighted by atomic mass is 32.2. The van der Waals surface area contributed by atoms with Crippen molar-refractivity contribution in [3.8, 4) is 11.5 Å². The SMILES string of the molecule is COc1cc2ncc(S(=O)(=O)c3ccc(C)c(C)c3)c(N3CCC[C@@H](C)C3)c2cc1OC. The summed E-state index contributed by atoms with van der Waals surface area (Å²) >= 11 is 0. The molecule has 0 saturated carbocycles. The molecule has 0 spiro atoms. The molecule has 3 aromatic rings. The average molecular weight is 455 g/mol. The first-order valence-electron chi connectivity index (χ1n) is 10.9. The van der Waals surface area contributed by atoms with Gasteiger partial charge in [-0.2, -0.15) is 0 Å². The Morgan fingerprint density at radius 3 is 2.41 bits per heavy atom. The highest BCUT2D eigenvalue weighted by Crippen LogP contribution is 2.41. The Bertz CT molecular complexity index is 1270. The van der Waals surface area contributed by atoms with Gasteiger partial charge in [0.2, 0.25) is 9.84 Å². The van der Waals surface area contributed by atoms with Gasteiger partial charge in [-0.25, -0.2) is 8.42 Å². The van der Waals surface area contributed by atoms with Crippen LogP contribution in [0.3, 0.4) is 0 Å². The molecule has 0 aliphatic carbocycles. The lowest BCUT2D eigenvalue weighted by atomic mass is 9.99. The number of ether oxygens (including phenoxy) is 2. The van der Waals surface area contributed by atoms with Crippen molar-refractivity contribution in [3.05, 3.63) is 47.7 Å². The molecule has 0 radical (unpaired) electrons. The lowest BCUT2D eigenvalue weighted by Gasteiger charge is -2.34. The Balaban J connectivity index is 2.01. The van der Waals surface area contributed by atoms with Crippen molar-refractivity contribution in [2.75, 3.05) is 32.2 Å². The molecule has 1 saturated heterocycles. The summed E-state index contributed by atoms with van der Waals surface area (Å²) in [5.41, 5.74) is 3.37. The second kappa shape index (κ2) is 8.62. The van der Waals surface area contributed by atoms with Gasteiger partial charge in [-0.05, 0) is 61.9 Å². The largest absolute Gasteiger partial charge is 0.493 e. The molecule has 0 N–H and O–H groups in total. The van der Waals surface area contributed by atoms with Crippen LogP contribution in [0.15, 0.2) is 46.3 Å². The van der Waals surface area contributed by atoms with Crippen molar-refractivity contribution >= 4 is 26.4 Å². The molecule has 1 aliphatic heterocycles. The first-order chi connectivity index (χ1) is 15.3. The zero-order valence-corrected chi connectivity index (χ0v) is 20.1. The van der Waals surface area contributed by atoms with Gasteiger partial charge in [-0.1, -0.05) is 13.0 Å². The van der Waals surface area contributed by atoms with Crippen molar-refractivity contribution in [2.45, 2.75) is 43.4 Å². The number of rotatable bonds is 5. The van der Waals surface area contributed by atoms with Gasteiger partial charge >= 0.3 is 0 Å². The van der Waals surface area contributed by atoms with E-state index in [1.807, 2.05) is 26.0 Å². The summed E-state index contributed by atoms with van der Waals surface area (Å²) in [5, 5.41) is 0.752. The van der Waals surface area contributed by atoms with Crippen LogP contribution in [-0.2, 0) is 9.84 Å². The predicted molar refractivity (Wildman–Crippen MR) is 127 cm³/mol. The molecule has 170 valence electrons. The number of benzene rings is 2. The lowest BCUT2D eigenvalue weighted by Crippen LogP contribution is -2.35. The fourth-order valence-corrected chi connectivity index (χ4v) is 5.93. The van der Waals surface area contributed by atoms with E-state index in [1.54, 1.807) is 32.4 Å². The fraction of sp³-hybridized carbons (Fsp3) is 0.400.